The molecule has 0 saturated heterocycles. The summed E-state index contributed by atoms with van der Waals surface area (Å²) in [5, 5.41) is 0. The predicted molar refractivity (Wildman–Crippen MR) is 67.6 cm³/mol. The molecule has 0 heterocycles. The SMILES string of the molecule is CCOC(=O)C#CCCCC1C(=O)[C@H]2CCC[C@H]12. The van der Waals surface area contributed by atoms with Gasteiger partial charge in [-0.25, -0.2) is 4.79 Å². The zero-order chi connectivity index (χ0) is 13.0. The van der Waals surface area contributed by atoms with E-state index in [-0.39, 0.29) is 0 Å². The van der Waals surface area contributed by atoms with Crippen molar-refractivity contribution < 1.29 is 14.3 Å². The Morgan fingerprint density at radius 2 is 2.28 bits per heavy atom. The number of ether oxygens (including phenoxy) is 1. The van der Waals surface area contributed by atoms with E-state index in [4.69, 9.17) is 4.74 Å². The summed E-state index contributed by atoms with van der Waals surface area (Å²) < 4.78 is 4.71. The van der Waals surface area contributed by atoms with Crippen molar-refractivity contribution in [2.75, 3.05) is 6.61 Å². The molecule has 0 aromatic heterocycles. The molecule has 0 spiro atoms. The van der Waals surface area contributed by atoms with Crippen LogP contribution in [0, 0.1) is 29.6 Å². The molecule has 0 amide bonds. The van der Waals surface area contributed by atoms with Gasteiger partial charge in [-0.1, -0.05) is 12.3 Å². The van der Waals surface area contributed by atoms with Crippen molar-refractivity contribution in [3.63, 3.8) is 0 Å². The fraction of sp³-hybridized carbons (Fsp3) is 0.733. The molecule has 3 atom stereocenters. The standard InChI is InChI=1S/C15H20O3/c1-2-18-14(16)10-5-3-4-7-12-11-8-6-9-13(11)15(12)17/h11-13H,2-4,6-9H2,1H3/t11-,12?,13+/m1/s1. The van der Waals surface area contributed by atoms with E-state index in [1.165, 1.54) is 12.8 Å². The zero-order valence-electron chi connectivity index (χ0n) is 10.9. The van der Waals surface area contributed by atoms with Crippen LogP contribution in [0.4, 0.5) is 0 Å². The average Bonchev–Trinajstić information content (AvgIpc) is 2.78. The monoisotopic (exact) mass is 248 g/mol. The molecule has 3 nitrogen and oxygen atoms in total. The van der Waals surface area contributed by atoms with Crippen molar-refractivity contribution >= 4 is 11.8 Å². The van der Waals surface area contributed by atoms with Crippen LogP contribution < -0.4 is 0 Å². The van der Waals surface area contributed by atoms with E-state index in [0.29, 0.717) is 36.6 Å². The number of Topliss-reactive ketones (excluding diaryl/α,β-unsaturated/α-hetero) is 1. The second-order valence-electron chi connectivity index (χ2n) is 5.12. The van der Waals surface area contributed by atoms with E-state index >= 15 is 0 Å². The largest absolute Gasteiger partial charge is 0.456 e. The van der Waals surface area contributed by atoms with Crippen molar-refractivity contribution in [2.24, 2.45) is 17.8 Å². The molecule has 2 saturated carbocycles. The molecule has 0 radical (unpaired) electrons. The van der Waals surface area contributed by atoms with E-state index < -0.39 is 5.97 Å². The Bertz CT molecular complexity index is 388. The maximum Gasteiger partial charge on any atom is 0.384 e. The predicted octanol–water partition coefficient (Wildman–Crippen LogP) is 2.34. The highest BCUT2D eigenvalue weighted by Gasteiger charge is 2.50. The van der Waals surface area contributed by atoms with Crippen molar-refractivity contribution in [2.45, 2.75) is 45.4 Å². The molecule has 3 heteroatoms. The first-order valence-electron chi connectivity index (χ1n) is 6.93. The summed E-state index contributed by atoms with van der Waals surface area (Å²) in [6, 6.07) is 0. The molecule has 98 valence electrons. The van der Waals surface area contributed by atoms with E-state index in [1.54, 1.807) is 6.92 Å². The summed E-state index contributed by atoms with van der Waals surface area (Å²) in [5.41, 5.74) is 0. The van der Waals surface area contributed by atoms with Crippen LogP contribution in [0.1, 0.15) is 45.4 Å². The normalized spacial score (nSPS) is 28.9. The lowest BCUT2D eigenvalue weighted by Crippen LogP contribution is -2.44. The first-order chi connectivity index (χ1) is 8.74. The van der Waals surface area contributed by atoms with Crippen LogP contribution in [0.2, 0.25) is 0 Å². The lowest BCUT2D eigenvalue weighted by atomic mass is 9.64. The van der Waals surface area contributed by atoms with Gasteiger partial charge in [0.25, 0.3) is 0 Å². The number of hydrogen-bond donors (Lipinski definition) is 0. The molecule has 0 bridgehead atoms. The fourth-order valence-corrected chi connectivity index (χ4v) is 3.26. The minimum absolute atomic E-state index is 0.293. The Balaban J connectivity index is 1.64. The van der Waals surface area contributed by atoms with Crippen LogP contribution in [-0.4, -0.2) is 18.4 Å². The van der Waals surface area contributed by atoms with Gasteiger partial charge in [0.05, 0.1) is 6.61 Å². The van der Waals surface area contributed by atoms with Gasteiger partial charge in [0.15, 0.2) is 0 Å². The van der Waals surface area contributed by atoms with Crippen LogP contribution in [0.5, 0.6) is 0 Å². The lowest BCUT2D eigenvalue weighted by Gasteiger charge is -2.38. The number of hydrogen-bond acceptors (Lipinski definition) is 3. The topological polar surface area (TPSA) is 43.4 Å². The maximum absolute atomic E-state index is 11.8. The Morgan fingerprint density at radius 3 is 3.06 bits per heavy atom. The number of carbonyl (C=O) groups is 2. The zero-order valence-corrected chi connectivity index (χ0v) is 10.9. The van der Waals surface area contributed by atoms with Gasteiger partial charge >= 0.3 is 5.97 Å². The first-order valence-corrected chi connectivity index (χ1v) is 6.93. The van der Waals surface area contributed by atoms with Gasteiger partial charge in [-0.05, 0) is 38.5 Å². The molecular formula is C15H20O3. The van der Waals surface area contributed by atoms with Gasteiger partial charge < -0.3 is 4.74 Å². The number of unbranched alkanes of at least 4 members (excludes halogenated alkanes) is 1. The van der Waals surface area contributed by atoms with Crippen LogP contribution in [-0.2, 0) is 14.3 Å². The molecule has 2 aliphatic rings. The summed E-state index contributed by atoms with van der Waals surface area (Å²) in [7, 11) is 0. The third-order valence-electron chi connectivity index (χ3n) is 4.10. The fourth-order valence-electron chi connectivity index (χ4n) is 3.26. The van der Waals surface area contributed by atoms with Gasteiger partial charge in [0.1, 0.15) is 5.78 Å². The van der Waals surface area contributed by atoms with Crippen LogP contribution in [0.15, 0.2) is 0 Å². The number of esters is 1. The second kappa shape index (κ2) is 6.04. The van der Waals surface area contributed by atoms with E-state index in [9.17, 15) is 9.59 Å². The smallest absolute Gasteiger partial charge is 0.384 e. The summed E-state index contributed by atoms with van der Waals surface area (Å²) in [6.07, 6.45) is 6.10. The number of rotatable bonds is 4. The lowest BCUT2D eigenvalue weighted by molar-refractivity contribution is -0.141. The van der Waals surface area contributed by atoms with E-state index in [0.717, 1.165) is 19.3 Å². The van der Waals surface area contributed by atoms with E-state index in [1.807, 2.05) is 0 Å². The molecular weight excluding hydrogens is 228 g/mol. The molecule has 0 N–H and O–H groups in total. The second-order valence-corrected chi connectivity index (χ2v) is 5.12. The summed E-state index contributed by atoms with van der Waals surface area (Å²) in [6.45, 7) is 2.13. The van der Waals surface area contributed by atoms with Crippen molar-refractivity contribution in [1.29, 1.82) is 0 Å². The summed E-state index contributed by atoms with van der Waals surface area (Å²) >= 11 is 0. The molecule has 0 aromatic rings. The molecule has 0 aliphatic heterocycles. The number of fused-ring (bicyclic) bond motifs is 1. The van der Waals surface area contributed by atoms with Gasteiger partial charge in [-0.3, -0.25) is 4.79 Å². The van der Waals surface area contributed by atoms with Crippen LogP contribution >= 0.6 is 0 Å². The van der Waals surface area contributed by atoms with Crippen LogP contribution in [0.25, 0.3) is 0 Å². The summed E-state index contributed by atoms with van der Waals surface area (Å²) in [5.74, 6) is 6.64. The quantitative estimate of drug-likeness (QED) is 0.332. The Morgan fingerprint density at radius 1 is 1.44 bits per heavy atom. The number of ketones is 1. The Kier molecular flexibility index (Phi) is 4.41. The van der Waals surface area contributed by atoms with Gasteiger partial charge in [-0.2, -0.15) is 0 Å². The van der Waals surface area contributed by atoms with Gasteiger partial charge in [-0.15, -0.1) is 0 Å². The minimum atomic E-state index is -0.451. The summed E-state index contributed by atoms with van der Waals surface area (Å²) in [4.78, 5) is 22.7. The molecule has 2 fully saturated rings. The molecule has 2 rings (SSSR count). The Hall–Kier alpha value is -1.30. The number of carbonyl (C=O) groups excluding carboxylic acids is 2. The van der Waals surface area contributed by atoms with Gasteiger partial charge in [0.2, 0.25) is 0 Å². The van der Waals surface area contributed by atoms with Crippen molar-refractivity contribution in [3.8, 4) is 11.8 Å². The molecule has 1 unspecified atom stereocenters. The molecule has 0 aromatic carbocycles. The molecule has 2 aliphatic carbocycles. The van der Waals surface area contributed by atoms with Crippen molar-refractivity contribution in [1.82, 2.24) is 0 Å². The third-order valence-corrected chi connectivity index (χ3v) is 4.10. The Labute approximate surface area is 108 Å². The highest BCUT2D eigenvalue weighted by atomic mass is 16.5. The van der Waals surface area contributed by atoms with Gasteiger partial charge in [0, 0.05) is 24.2 Å². The first kappa shape index (κ1) is 13.1. The van der Waals surface area contributed by atoms with Crippen molar-refractivity contribution in [3.05, 3.63) is 0 Å². The van der Waals surface area contributed by atoms with E-state index in [2.05, 4.69) is 11.8 Å². The maximum atomic E-state index is 11.8. The highest BCUT2D eigenvalue weighted by Crippen LogP contribution is 2.50. The highest BCUT2D eigenvalue weighted by molar-refractivity contribution is 5.90. The van der Waals surface area contributed by atoms with Crippen LogP contribution in [0.3, 0.4) is 0 Å². The minimum Gasteiger partial charge on any atom is -0.456 e. The third kappa shape index (κ3) is 2.75. The average molecular weight is 248 g/mol. The molecule has 18 heavy (non-hydrogen) atoms.